The fraction of sp³-hybridized carbons (Fsp3) is 0.412. The smallest absolute Gasteiger partial charge is 0.143 e. The van der Waals surface area contributed by atoms with Gasteiger partial charge in [-0.15, -0.1) is 16.4 Å². The van der Waals surface area contributed by atoms with E-state index in [1.165, 1.54) is 5.01 Å². The number of hydrogen-bond donors (Lipinski definition) is 1. The fourth-order valence-electron chi connectivity index (χ4n) is 3.07. The first-order chi connectivity index (χ1) is 12.3. The molecule has 3 aromatic rings. The number of nitrogens with zero attached hydrogens (tertiary/aromatic N) is 5. The van der Waals surface area contributed by atoms with Crippen molar-refractivity contribution in [3.8, 4) is 11.4 Å². The second-order valence-corrected chi connectivity index (χ2v) is 7.18. The Hall–Kier alpha value is -2.32. The number of thiazole rings is 1. The van der Waals surface area contributed by atoms with Crippen LogP contribution in [0.15, 0.2) is 36.0 Å². The number of piperidine rings is 1. The van der Waals surface area contributed by atoms with Crippen molar-refractivity contribution >= 4 is 11.3 Å². The van der Waals surface area contributed by atoms with Crippen LogP contribution in [0.5, 0.6) is 5.75 Å². The predicted octanol–water partition coefficient (Wildman–Crippen LogP) is 2.41. The molecule has 0 aliphatic carbocycles. The van der Waals surface area contributed by atoms with E-state index in [9.17, 15) is 0 Å². The maximum Gasteiger partial charge on any atom is 0.143 e. The van der Waals surface area contributed by atoms with Crippen molar-refractivity contribution in [2.75, 3.05) is 13.1 Å². The molecule has 1 aliphatic rings. The van der Waals surface area contributed by atoms with Crippen LogP contribution in [0.25, 0.3) is 5.69 Å². The van der Waals surface area contributed by atoms with Crippen LogP contribution < -0.4 is 10.1 Å². The summed E-state index contributed by atoms with van der Waals surface area (Å²) in [6.07, 6.45) is 2.72. The van der Waals surface area contributed by atoms with Gasteiger partial charge in [-0.3, -0.25) is 0 Å². The van der Waals surface area contributed by atoms with Gasteiger partial charge >= 0.3 is 0 Å². The molecule has 1 N–H and O–H groups in total. The van der Waals surface area contributed by atoms with Gasteiger partial charge in [0.05, 0.1) is 16.4 Å². The summed E-state index contributed by atoms with van der Waals surface area (Å²) in [6.45, 7) is 4.93. The van der Waals surface area contributed by atoms with E-state index in [1.807, 2.05) is 24.3 Å². The monoisotopic (exact) mass is 356 g/mol. The largest absolute Gasteiger partial charge is 0.487 e. The molecule has 7 nitrogen and oxygen atoms in total. The van der Waals surface area contributed by atoms with Gasteiger partial charge in [-0.05, 0) is 60.1 Å². The molecule has 2 aromatic heterocycles. The maximum absolute atomic E-state index is 5.86. The molecule has 0 radical (unpaired) electrons. The first-order valence-electron chi connectivity index (χ1n) is 8.41. The summed E-state index contributed by atoms with van der Waals surface area (Å²) in [6, 6.07) is 7.68. The van der Waals surface area contributed by atoms with Crippen molar-refractivity contribution in [3.63, 3.8) is 0 Å². The highest BCUT2D eigenvalue weighted by Gasteiger charge is 2.25. The van der Waals surface area contributed by atoms with Crippen LogP contribution in [0.3, 0.4) is 0 Å². The minimum atomic E-state index is 0.486. The molecular weight excluding hydrogens is 336 g/mol. The average Bonchev–Trinajstić information content (AvgIpc) is 3.33. The summed E-state index contributed by atoms with van der Waals surface area (Å²) < 4.78 is 7.47. The number of aromatic nitrogens is 5. The van der Waals surface area contributed by atoms with E-state index in [1.54, 1.807) is 22.3 Å². The third-order valence-electron chi connectivity index (χ3n) is 4.51. The molecule has 4 rings (SSSR count). The van der Waals surface area contributed by atoms with E-state index in [0.717, 1.165) is 36.6 Å². The predicted molar refractivity (Wildman–Crippen MR) is 95.0 cm³/mol. The van der Waals surface area contributed by atoms with Crippen LogP contribution in [0, 0.1) is 5.92 Å². The number of benzene rings is 1. The third-order valence-corrected chi connectivity index (χ3v) is 5.53. The van der Waals surface area contributed by atoms with Crippen LogP contribution in [0.4, 0.5) is 0 Å². The summed E-state index contributed by atoms with van der Waals surface area (Å²) >= 11 is 1.75. The zero-order chi connectivity index (χ0) is 17.1. The Morgan fingerprint density at radius 3 is 2.96 bits per heavy atom. The number of tetrazole rings is 1. The van der Waals surface area contributed by atoms with E-state index in [-0.39, 0.29) is 0 Å². The quantitative estimate of drug-likeness (QED) is 0.756. The van der Waals surface area contributed by atoms with E-state index in [2.05, 4.69) is 33.1 Å². The van der Waals surface area contributed by atoms with Crippen LogP contribution in [0.1, 0.15) is 30.0 Å². The van der Waals surface area contributed by atoms with E-state index in [4.69, 9.17) is 9.72 Å². The first kappa shape index (κ1) is 16.2. The number of ether oxygens (including phenoxy) is 1. The highest BCUT2D eigenvalue weighted by Crippen LogP contribution is 2.32. The average molecular weight is 356 g/mol. The maximum atomic E-state index is 5.86. The molecule has 0 saturated carbocycles. The standard InChI is InChI=1S/C17H20N6OS/c1-12-8-18-7-6-16(12)17-20-13(10-25-17)9-24-15-4-2-14(3-5-15)23-11-19-21-22-23/h2-5,10-12,16,18H,6-9H2,1H3/t12-,16+/m0/s1. The molecule has 0 amide bonds. The van der Waals surface area contributed by atoms with Gasteiger partial charge in [0, 0.05) is 11.3 Å². The number of nitrogens with one attached hydrogen (secondary N) is 1. The lowest BCUT2D eigenvalue weighted by Crippen LogP contribution is -2.33. The SMILES string of the molecule is C[C@H]1CNCC[C@H]1c1nc(COc2ccc(-n3cnnn3)cc2)cs1. The lowest BCUT2D eigenvalue weighted by Gasteiger charge is -2.27. The molecule has 1 aliphatic heterocycles. The van der Waals surface area contributed by atoms with E-state index in [0.29, 0.717) is 18.4 Å². The molecule has 0 spiro atoms. The first-order valence-corrected chi connectivity index (χ1v) is 9.29. The third kappa shape index (κ3) is 3.69. The van der Waals surface area contributed by atoms with Gasteiger partial charge in [0.25, 0.3) is 0 Å². The molecule has 25 heavy (non-hydrogen) atoms. The van der Waals surface area contributed by atoms with E-state index < -0.39 is 0 Å². The minimum absolute atomic E-state index is 0.486. The Morgan fingerprint density at radius 1 is 1.32 bits per heavy atom. The number of rotatable bonds is 5. The van der Waals surface area contributed by atoms with Gasteiger partial charge in [-0.1, -0.05) is 6.92 Å². The lowest BCUT2D eigenvalue weighted by atomic mass is 9.88. The summed E-state index contributed by atoms with van der Waals surface area (Å²) in [5, 5.41) is 17.9. The molecule has 1 saturated heterocycles. The summed E-state index contributed by atoms with van der Waals surface area (Å²) in [5.74, 6) is 2.00. The van der Waals surface area contributed by atoms with Gasteiger partial charge < -0.3 is 10.1 Å². The van der Waals surface area contributed by atoms with Gasteiger partial charge in [0.1, 0.15) is 18.7 Å². The highest BCUT2D eigenvalue weighted by molar-refractivity contribution is 7.09. The van der Waals surface area contributed by atoms with Crippen LogP contribution in [-0.2, 0) is 6.61 Å². The molecule has 1 aromatic carbocycles. The molecule has 0 unspecified atom stereocenters. The lowest BCUT2D eigenvalue weighted by molar-refractivity contribution is 0.300. The topological polar surface area (TPSA) is 77.8 Å². The second-order valence-electron chi connectivity index (χ2n) is 6.29. The Balaban J connectivity index is 1.37. The van der Waals surface area contributed by atoms with Gasteiger partial charge in [0.2, 0.25) is 0 Å². The molecular formula is C17H20N6OS. The van der Waals surface area contributed by atoms with Crippen molar-refractivity contribution in [2.45, 2.75) is 25.9 Å². The van der Waals surface area contributed by atoms with Crippen LogP contribution in [-0.4, -0.2) is 38.3 Å². The zero-order valence-electron chi connectivity index (χ0n) is 14.0. The number of hydrogen-bond acceptors (Lipinski definition) is 7. The Labute approximate surface area is 150 Å². The zero-order valence-corrected chi connectivity index (χ0v) is 14.8. The molecule has 8 heteroatoms. The molecule has 3 heterocycles. The molecule has 0 bridgehead atoms. The Morgan fingerprint density at radius 2 is 2.20 bits per heavy atom. The minimum Gasteiger partial charge on any atom is -0.487 e. The van der Waals surface area contributed by atoms with Gasteiger partial charge in [-0.25, -0.2) is 9.67 Å². The molecule has 1 fully saturated rings. The summed E-state index contributed by atoms with van der Waals surface area (Å²) in [5.41, 5.74) is 1.89. The van der Waals surface area contributed by atoms with Crippen molar-refractivity contribution in [2.24, 2.45) is 5.92 Å². The van der Waals surface area contributed by atoms with Crippen molar-refractivity contribution in [3.05, 3.63) is 46.7 Å². The van der Waals surface area contributed by atoms with Gasteiger partial charge in [-0.2, -0.15) is 0 Å². The molecule has 130 valence electrons. The van der Waals surface area contributed by atoms with Crippen LogP contribution >= 0.6 is 11.3 Å². The van der Waals surface area contributed by atoms with Gasteiger partial charge in [0.15, 0.2) is 0 Å². The molecule has 2 atom stereocenters. The van der Waals surface area contributed by atoms with Crippen molar-refractivity contribution in [1.82, 2.24) is 30.5 Å². The van der Waals surface area contributed by atoms with Crippen LogP contribution in [0.2, 0.25) is 0 Å². The van der Waals surface area contributed by atoms with Crippen molar-refractivity contribution in [1.29, 1.82) is 0 Å². The Bertz CT molecular complexity index is 801. The fourth-order valence-corrected chi connectivity index (χ4v) is 4.14. The highest BCUT2D eigenvalue weighted by atomic mass is 32.1. The van der Waals surface area contributed by atoms with Crippen molar-refractivity contribution < 1.29 is 4.74 Å². The summed E-state index contributed by atoms with van der Waals surface area (Å²) in [7, 11) is 0. The van der Waals surface area contributed by atoms with E-state index >= 15 is 0 Å². The normalized spacial score (nSPS) is 20.5. The second kappa shape index (κ2) is 7.28. The summed E-state index contributed by atoms with van der Waals surface area (Å²) in [4.78, 5) is 4.79. The Kier molecular flexibility index (Phi) is 4.71.